The summed E-state index contributed by atoms with van der Waals surface area (Å²) >= 11 is 0. The van der Waals surface area contributed by atoms with E-state index in [0.717, 1.165) is 19.1 Å². The summed E-state index contributed by atoms with van der Waals surface area (Å²) < 4.78 is 34.5. The molecule has 0 spiro atoms. The van der Waals surface area contributed by atoms with Crippen molar-refractivity contribution < 1.29 is 27.5 Å². The van der Waals surface area contributed by atoms with Gasteiger partial charge in [-0.1, -0.05) is 0 Å². The number of hydrogen-bond donors (Lipinski definition) is 1. The van der Waals surface area contributed by atoms with Gasteiger partial charge in [-0.15, -0.1) is 0 Å². The fourth-order valence-electron chi connectivity index (χ4n) is 3.48. The second-order valence-corrected chi connectivity index (χ2v) is 10.7. The van der Waals surface area contributed by atoms with Gasteiger partial charge in [-0.25, -0.2) is 18.0 Å². The van der Waals surface area contributed by atoms with E-state index in [1.54, 1.807) is 4.90 Å². The quantitative estimate of drug-likeness (QED) is 0.701. The van der Waals surface area contributed by atoms with Gasteiger partial charge in [-0.3, -0.25) is 0 Å². The molecule has 1 aliphatic heterocycles. The van der Waals surface area contributed by atoms with Crippen LogP contribution < -0.4 is 5.32 Å². The van der Waals surface area contributed by atoms with Crippen LogP contribution in [-0.2, 0) is 19.3 Å². The standard InChI is InChI=1S/C21H32N2O6S/c1-14(15-9-11-23(12-10-15)20(25)29-21(2,3)4)22-17-13-16(19(24)28-5)7-8-18(17)30(6,26)27/h7-8,13-15,22H,9-12H2,1-6H3/t14-/m0/s1. The van der Waals surface area contributed by atoms with E-state index in [1.165, 1.54) is 25.3 Å². The molecule has 0 aromatic heterocycles. The number of esters is 1. The molecule has 1 aliphatic rings. The van der Waals surface area contributed by atoms with Crippen molar-refractivity contribution in [1.29, 1.82) is 0 Å². The fourth-order valence-corrected chi connectivity index (χ4v) is 4.32. The van der Waals surface area contributed by atoms with Crippen LogP contribution in [0.4, 0.5) is 10.5 Å². The number of anilines is 1. The normalized spacial score (nSPS) is 16.7. The summed E-state index contributed by atoms with van der Waals surface area (Å²) in [4.78, 5) is 25.9. The van der Waals surface area contributed by atoms with E-state index in [-0.39, 0.29) is 28.5 Å². The van der Waals surface area contributed by atoms with Crippen molar-refractivity contribution in [2.45, 2.75) is 57.1 Å². The second-order valence-electron chi connectivity index (χ2n) is 8.71. The number of carbonyl (C=O) groups is 2. The van der Waals surface area contributed by atoms with E-state index in [9.17, 15) is 18.0 Å². The first-order valence-electron chi connectivity index (χ1n) is 9.98. The number of amides is 1. The monoisotopic (exact) mass is 440 g/mol. The number of sulfone groups is 1. The van der Waals surface area contributed by atoms with E-state index in [4.69, 9.17) is 9.47 Å². The summed E-state index contributed by atoms with van der Waals surface area (Å²) in [5.74, 6) is -0.297. The van der Waals surface area contributed by atoms with Crippen LogP contribution in [-0.4, -0.2) is 63.5 Å². The molecule has 30 heavy (non-hydrogen) atoms. The first-order chi connectivity index (χ1) is 13.8. The third kappa shape index (κ3) is 6.35. The maximum absolute atomic E-state index is 12.2. The smallest absolute Gasteiger partial charge is 0.410 e. The topological polar surface area (TPSA) is 102 Å². The SMILES string of the molecule is COC(=O)c1ccc(S(C)(=O)=O)c(N[C@@H](C)C2CCN(C(=O)OC(C)(C)C)CC2)c1. The Labute approximate surface area is 178 Å². The van der Waals surface area contributed by atoms with Gasteiger partial charge in [0.25, 0.3) is 0 Å². The highest BCUT2D eigenvalue weighted by Crippen LogP contribution is 2.28. The van der Waals surface area contributed by atoms with E-state index >= 15 is 0 Å². The minimum absolute atomic E-state index is 0.0563. The highest BCUT2D eigenvalue weighted by atomic mass is 32.2. The Morgan fingerprint density at radius 1 is 1.20 bits per heavy atom. The Kier molecular flexibility index (Phi) is 7.39. The molecule has 1 N–H and O–H groups in total. The molecular weight excluding hydrogens is 408 g/mol. The molecule has 0 unspecified atom stereocenters. The molecule has 0 radical (unpaired) electrons. The predicted molar refractivity (Wildman–Crippen MR) is 115 cm³/mol. The maximum atomic E-state index is 12.2. The number of carbonyl (C=O) groups excluding carboxylic acids is 2. The van der Waals surface area contributed by atoms with Crippen molar-refractivity contribution >= 4 is 27.6 Å². The van der Waals surface area contributed by atoms with Crippen LogP contribution >= 0.6 is 0 Å². The number of likely N-dealkylation sites (tertiary alicyclic amines) is 1. The van der Waals surface area contributed by atoms with Gasteiger partial charge >= 0.3 is 12.1 Å². The molecule has 9 heteroatoms. The highest BCUT2D eigenvalue weighted by Gasteiger charge is 2.30. The number of rotatable bonds is 5. The zero-order valence-electron chi connectivity index (χ0n) is 18.5. The van der Waals surface area contributed by atoms with Gasteiger partial charge in [0.2, 0.25) is 0 Å². The summed E-state index contributed by atoms with van der Waals surface area (Å²) in [5.41, 5.74) is 0.122. The van der Waals surface area contributed by atoms with Gasteiger partial charge in [-0.2, -0.15) is 0 Å². The van der Waals surface area contributed by atoms with E-state index < -0.39 is 21.4 Å². The molecule has 168 valence electrons. The Bertz CT molecular complexity index is 883. The van der Waals surface area contributed by atoms with Crippen molar-refractivity contribution in [3.8, 4) is 0 Å². The Morgan fingerprint density at radius 3 is 2.30 bits per heavy atom. The minimum atomic E-state index is -3.48. The largest absolute Gasteiger partial charge is 0.465 e. The Hall–Kier alpha value is -2.29. The summed E-state index contributed by atoms with van der Waals surface area (Å²) in [6.07, 6.45) is 2.35. The lowest BCUT2D eigenvalue weighted by molar-refractivity contribution is 0.0178. The van der Waals surface area contributed by atoms with Gasteiger partial charge in [-0.05, 0) is 64.7 Å². The van der Waals surface area contributed by atoms with Crippen LogP contribution in [0.3, 0.4) is 0 Å². The average molecular weight is 441 g/mol. The molecule has 1 amide bonds. The van der Waals surface area contributed by atoms with Crippen LogP contribution in [0.25, 0.3) is 0 Å². The van der Waals surface area contributed by atoms with E-state index in [2.05, 4.69) is 5.32 Å². The summed E-state index contributed by atoms with van der Waals surface area (Å²) in [6, 6.07) is 4.31. The van der Waals surface area contributed by atoms with Crippen LogP contribution in [0, 0.1) is 5.92 Å². The number of hydrogen-bond acceptors (Lipinski definition) is 7. The molecular formula is C21H32N2O6S. The number of benzene rings is 1. The molecule has 1 heterocycles. The van der Waals surface area contributed by atoms with Crippen LogP contribution in [0.15, 0.2) is 23.1 Å². The van der Waals surface area contributed by atoms with Crippen molar-refractivity contribution in [3.05, 3.63) is 23.8 Å². The Balaban J connectivity index is 2.10. The molecule has 1 aromatic rings. The van der Waals surface area contributed by atoms with Gasteiger partial charge < -0.3 is 19.7 Å². The summed E-state index contributed by atoms with van der Waals surface area (Å²) in [6.45, 7) is 8.65. The van der Waals surface area contributed by atoms with Crippen LogP contribution in [0.5, 0.6) is 0 Å². The third-order valence-electron chi connectivity index (χ3n) is 5.08. The van der Waals surface area contributed by atoms with Crippen LogP contribution in [0.1, 0.15) is 50.9 Å². The summed E-state index contributed by atoms with van der Waals surface area (Å²) in [7, 11) is -2.20. The van der Waals surface area contributed by atoms with E-state index in [1.807, 2.05) is 27.7 Å². The zero-order valence-corrected chi connectivity index (χ0v) is 19.3. The highest BCUT2D eigenvalue weighted by molar-refractivity contribution is 7.90. The molecule has 1 fully saturated rings. The van der Waals surface area contributed by atoms with Crippen molar-refractivity contribution in [3.63, 3.8) is 0 Å². The van der Waals surface area contributed by atoms with Crippen molar-refractivity contribution in [2.75, 3.05) is 31.8 Å². The minimum Gasteiger partial charge on any atom is -0.465 e. The average Bonchev–Trinajstić information content (AvgIpc) is 2.65. The molecule has 8 nitrogen and oxygen atoms in total. The molecule has 1 atom stereocenters. The number of piperidine rings is 1. The second kappa shape index (κ2) is 9.24. The summed E-state index contributed by atoms with van der Waals surface area (Å²) in [5, 5.41) is 3.27. The maximum Gasteiger partial charge on any atom is 0.410 e. The van der Waals surface area contributed by atoms with Gasteiger partial charge in [0, 0.05) is 25.4 Å². The first-order valence-corrected chi connectivity index (χ1v) is 11.9. The van der Waals surface area contributed by atoms with Crippen molar-refractivity contribution in [1.82, 2.24) is 4.90 Å². The third-order valence-corrected chi connectivity index (χ3v) is 6.24. The Morgan fingerprint density at radius 2 is 1.80 bits per heavy atom. The molecule has 1 saturated heterocycles. The lowest BCUT2D eigenvalue weighted by Crippen LogP contribution is -2.44. The number of nitrogens with zero attached hydrogens (tertiary/aromatic N) is 1. The molecule has 0 aliphatic carbocycles. The number of methoxy groups -OCH3 is 1. The molecule has 1 aromatic carbocycles. The molecule has 0 saturated carbocycles. The predicted octanol–water partition coefficient (Wildman–Crippen LogP) is 3.32. The lowest BCUT2D eigenvalue weighted by Gasteiger charge is -2.36. The van der Waals surface area contributed by atoms with Crippen LogP contribution in [0.2, 0.25) is 0 Å². The van der Waals surface area contributed by atoms with Gasteiger partial charge in [0.05, 0.1) is 23.3 Å². The van der Waals surface area contributed by atoms with E-state index in [0.29, 0.717) is 18.8 Å². The number of ether oxygens (including phenoxy) is 2. The van der Waals surface area contributed by atoms with Gasteiger partial charge in [0.15, 0.2) is 9.84 Å². The molecule has 0 bridgehead atoms. The first kappa shape index (κ1) is 24.0. The van der Waals surface area contributed by atoms with Crippen molar-refractivity contribution in [2.24, 2.45) is 5.92 Å². The molecule has 2 rings (SSSR count). The number of nitrogens with one attached hydrogen (secondary N) is 1. The fraction of sp³-hybridized carbons (Fsp3) is 0.619. The van der Waals surface area contributed by atoms with Gasteiger partial charge in [0.1, 0.15) is 5.60 Å². The lowest BCUT2D eigenvalue weighted by atomic mass is 9.90. The zero-order chi connectivity index (χ0) is 22.7.